The number of carbonyl (C=O) groups excluding carboxylic acids is 1. The normalized spacial score (nSPS) is 34.0. The molecule has 0 aromatic heterocycles. The second-order valence-corrected chi connectivity index (χ2v) is 7.00. The zero-order valence-corrected chi connectivity index (χ0v) is 12.5. The number of ether oxygens (including phenoxy) is 1. The third-order valence-corrected chi connectivity index (χ3v) is 5.98. The fourth-order valence-corrected chi connectivity index (χ4v) is 4.11. The zero-order valence-electron chi connectivity index (χ0n) is 12.5. The second kappa shape index (κ2) is 4.51. The summed E-state index contributed by atoms with van der Waals surface area (Å²) >= 11 is 0. The first kappa shape index (κ1) is 13.5. The van der Waals surface area contributed by atoms with Crippen LogP contribution in [0.5, 0.6) is 0 Å². The van der Waals surface area contributed by atoms with Crippen LogP contribution < -0.4 is 5.32 Å². The van der Waals surface area contributed by atoms with Crippen LogP contribution in [-0.4, -0.2) is 12.2 Å². The van der Waals surface area contributed by atoms with E-state index in [2.05, 4.69) is 26.1 Å². The van der Waals surface area contributed by atoms with Gasteiger partial charge in [-0.15, -0.1) is 0 Å². The lowest BCUT2D eigenvalue weighted by molar-refractivity contribution is 0.00148. The predicted molar refractivity (Wildman–Crippen MR) is 79.6 cm³/mol. The highest BCUT2D eigenvalue weighted by molar-refractivity contribution is 5.84. The van der Waals surface area contributed by atoms with E-state index in [0.29, 0.717) is 5.92 Å². The first-order chi connectivity index (χ1) is 9.43. The summed E-state index contributed by atoms with van der Waals surface area (Å²) < 4.78 is 5.74. The van der Waals surface area contributed by atoms with Gasteiger partial charge in [-0.2, -0.15) is 0 Å². The molecule has 0 spiro atoms. The van der Waals surface area contributed by atoms with Crippen LogP contribution in [0.1, 0.15) is 40.0 Å². The fourth-order valence-electron chi connectivity index (χ4n) is 4.11. The van der Waals surface area contributed by atoms with Crippen LogP contribution >= 0.6 is 0 Å². The van der Waals surface area contributed by atoms with Crippen molar-refractivity contribution in [3.8, 4) is 0 Å². The van der Waals surface area contributed by atoms with Gasteiger partial charge in [0.1, 0.15) is 6.10 Å². The Morgan fingerprint density at radius 1 is 1.25 bits per heavy atom. The van der Waals surface area contributed by atoms with E-state index in [9.17, 15) is 4.79 Å². The summed E-state index contributed by atoms with van der Waals surface area (Å²) in [5.74, 6) is 0.682. The van der Waals surface area contributed by atoms with Crippen LogP contribution in [-0.2, 0) is 4.74 Å². The molecule has 3 nitrogen and oxygen atoms in total. The lowest BCUT2D eigenvalue weighted by Gasteiger charge is -2.38. The summed E-state index contributed by atoms with van der Waals surface area (Å²) in [5, 5.41) is 2.81. The molecule has 1 amide bonds. The van der Waals surface area contributed by atoms with Gasteiger partial charge in [-0.25, -0.2) is 4.79 Å². The molecule has 0 radical (unpaired) electrons. The maximum Gasteiger partial charge on any atom is 0.411 e. The Hall–Kier alpha value is -1.51. The van der Waals surface area contributed by atoms with Crippen molar-refractivity contribution in [2.75, 3.05) is 5.32 Å². The Kier molecular flexibility index (Phi) is 3.03. The van der Waals surface area contributed by atoms with Crippen LogP contribution in [0.4, 0.5) is 10.5 Å². The highest BCUT2D eigenvalue weighted by Crippen LogP contribution is 2.66. The lowest BCUT2D eigenvalue weighted by atomic mass is 9.70. The summed E-state index contributed by atoms with van der Waals surface area (Å²) in [6.07, 6.45) is 3.15. The summed E-state index contributed by atoms with van der Waals surface area (Å²) in [4.78, 5) is 12.1. The van der Waals surface area contributed by atoms with Crippen LogP contribution in [0.3, 0.4) is 0 Å². The largest absolute Gasteiger partial charge is 0.445 e. The van der Waals surface area contributed by atoms with Crippen LogP contribution in [0.25, 0.3) is 0 Å². The van der Waals surface area contributed by atoms with Gasteiger partial charge in [-0.1, -0.05) is 39.0 Å². The van der Waals surface area contributed by atoms with Crippen molar-refractivity contribution in [2.45, 2.75) is 46.1 Å². The Bertz CT molecular complexity index is 511. The van der Waals surface area contributed by atoms with Gasteiger partial charge in [0.15, 0.2) is 0 Å². The summed E-state index contributed by atoms with van der Waals surface area (Å²) in [7, 11) is 0. The topological polar surface area (TPSA) is 38.3 Å². The molecule has 2 bridgehead atoms. The van der Waals surface area contributed by atoms with E-state index < -0.39 is 0 Å². The monoisotopic (exact) mass is 273 g/mol. The third-order valence-electron chi connectivity index (χ3n) is 5.98. The fraction of sp³-hybridized carbons (Fsp3) is 0.588. The molecule has 0 unspecified atom stereocenters. The Morgan fingerprint density at radius 3 is 2.50 bits per heavy atom. The van der Waals surface area contributed by atoms with E-state index in [1.807, 2.05) is 30.3 Å². The molecule has 2 fully saturated rings. The van der Waals surface area contributed by atoms with E-state index in [1.54, 1.807) is 0 Å². The minimum absolute atomic E-state index is 0.0416. The molecule has 3 rings (SSSR count). The van der Waals surface area contributed by atoms with E-state index in [-0.39, 0.29) is 23.0 Å². The number of nitrogens with one attached hydrogen (secondary N) is 1. The number of benzene rings is 1. The number of rotatable bonds is 2. The van der Waals surface area contributed by atoms with Crippen molar-refractivity contribution in [1.29, 1.82) is 0 Å². The molecule has 1 aromatic rings. The predicted octanol–water partition coefficient (Wildman–Crippen LogP) is 4.45. The number of carbonyl (C=O) groups is 1. The van der Waals surface area contributed by atoms with Crippen LogP contribution in [0.15, 0.2) is 30.3 Å². The summed E-state index contributed by atoms with van der Waals surface area (Å²) in [5.41, 5.74) is 1.17. The van der Waals surface area contributed by atoms with E-state index in [1.165, 1.54) is 6.42 Å². The molecular formula is C17H23NO2. The van der Waals surface area contributed by atoms with Gasteiger partial charge < -0.3 is 4.74 Å². The van der Waals surface area contributed by atoms with Crippen molar-refractivity contribution >= 4 is 11.8 Å². The highest BCUT2D eigenvalue weighted by atomic mass is 16.6. The minimum Gasteiger partial charge on any atom is -0.445 e. The summed E-state index contributed by atoms with van der Waals surface area (Å²) in [6, 6.07) is 9.46. The van der Waals surface area contributed by atoms with Crippen molar-refractivity contribution in [2.24, 2.45) is 16.7 Å². The van der Waals surface area contributed by atoms with Gasteiger partial charge in [0.05, 0.1) is 0 Å². The average molecular weight is 273 g/mol. The van der Waals surface area contributed by atoms with Gasteiger partial charge >= 0.3 is 6.09 Å². The number of hydrogen-bond acceptors (Lipinski definition) is 2. The van der Waals surface area contributed by atoms with Crippen molar-refractivity contribution in [1.82, 2.24) is 0 Å². The lowest BCUT2D eigenvalue weighted by Crippen LogP contribution is -2.39. The van der Waals surface area contributed by atoms with Gasteiger partial charge in [0.25, 0.3) is 0 Å². The Morgan fingerprint density at radius 2 is 1.95 bits per heavy atom. The molecule has 3 atom stereocenters. The van der Waals surface area contributed by atoms with E-state index in [4.69, 9.17) is 4.74 Å². The summed E-state index contributed by atoms with van der Waals surface area (Å²) in [6.45, 7) is 6.92. The zero-order chi connectivity index (χ0) is 14.4. The first-order valence-corrected chi connectivity index (χ1v) is 7.46. The molecule has 108 valence electrons. The molecule has 1 N–H and O–H groups in total. The molecule has 20 heavy (non-hydrogen) atoms. The van der Waals surface area contributed by atoms with Gasteiger partial charge in [-0.05, 0) is 42.7 Å². The number of amides is 1. The highest BCUT2D eigenvalue weighted by Gasteiger charge is 2.62. The molecule has 3 heteroatoms. The quantitative estimate of drug-likeness (QED) is 0.864. The molecule has 0 aliphatic heterocycles. The molecule has 0 saturated heterocycles. The van der Waals surface area contributed by atoms with Gasteiger partial charge in [0.2, 0.25) is 0 Å². The number of para-hydroxylation sites is 1. The molecule has 2 aliphatic carbocycles. The van der Waals surface area contributed by atoms with E-state index >= 15 is 0 Å². The number of fused-ring (bicyclic) bond motifs is 2. The smallest absolute Gasteiger partial charge is 0.411 e. The van der Waals surface area contributed by atoms with Gasteiger partial charge in [-0.3, -0.25) is 5.32 Å². The standard InChI is InChI=1S/C17H23NO2/c1-16(2)12-9-10-17(16,3)14(11-12)20-15(19)18-13-7-5-4-6-8-13/h4-8,12,14H,9-11H2,1-3H3,(H,18,19)/t12-,14-,17-/m0/s1. The maximum absolute atomic E-state index is 12.1. The number of anilines is 1. The van der Waals surface area contributed by atoms with Crippen molar-refractivity contribution < 1.29 is 9.53 Å². The minimum atomic E-state index is -0.328. The molecule has 2 saturated carbocycles. The average Bonchev–Trinajstić information content (AvgIpc) is 2.73. The Balaban J connectivity index is 1.66. The molecular weight excluding hydrogens is 250 g/mol. The number of hydrogen-bond donors (Lipinski definition) is 1. The third kappa shape index (κ3) is 1.91. The maximum atomic E-state index is 12.1. The first-order valence-electron chi connectivity index (χ1n) is 7.46. The SMILES string of the molecule is CC1(C)[C@H]2CC[C@@]1(C)[C@@H](OC(=O)Nc1ccccc1)C2. The van der Waals surface area contributed by atoms with Crippen molar-refractivity contribution in [3.05, 3.63) is 30.3 Å². The van der Waals surface area contributed by atoms with Crippen LogP contribution in [0, 0.1) is 16.7 Å². The van der Waals surface area contributed by atoms with Gasteiger partial charge in [0, 0.05) is 11.1 Å². The molecule has 0 heterocycles. The Labute approximate surface area is 120 Å². The van der Waals surface area contributed by atoms with Crippen LogP contribution in [0.2, 0.25) is 0 Å². The van der Waals surface area contributed by atoms with Crippen molar-refractivity contribution in [3.63, 3.8) is 0 Å². The molecule has 2 aliphatic rings. The van der Waals surface area contributed by atoms with E-state index in [0.717, 1.165) is 18.5 Å². The molecule has 1 aromatic carbocycles. The second-order valence-electron chi connectivity index (χ2n) is 7.00.